The summed E-state index contributed by atoms with van der Waals surface area (Å²) in [6, 6.07) is 0. The standard InChI is InChI=1S/C12H28N2O3/c1-11(8-15-6-4-13)9-17-12(2,3)10-16-7-5-14/h11H,4-10,13-14H2,1-3H3. The number of hydrogen-bond donors (Lipinski definition) is 2. The first kappa shape index (κ1) is 16.8. The highest BCUT2D eigenvalue weighted by Crippen LogP contribution is 2.12. The molecule has 0 fully saturated rings. The molecule has 1 atom stereocenters. The summed E-state index contributed by atoms with van der Waals surface area (Å²) in [5, 5.41) is 0. The van der Waals surface area contributed by atoms with Crippen molar-refractivity contribution in [3.8, 4) is 0 Å². The van der Waals surface area contributed by atoms with E-state index in [4.69, 9.17) is 25.7 Å². The topological polar surface area (TPSA) is 79.7 Å². The van der Waals surface area contributed by atoms with Gasteiger partial charge in [-0.25, -0.2) is 0 Å². The molecule has 0 aliphatic carbocycles. The average molecular weight is 248 g/mol. The van der Waals surface area contributed by atoms with Crippen LogP contribution < -0.4 is 11.5 Å². The minimum atomic E-state index is -0.280. The predicted octanol–water partition coefficient (Wildman–Crippen LogP) is 0.368. The van der Waals surface area contributed by atoms with Crippen LogP contribution in [0.1, 0.15) is 20.8 Å². The minimum absolute atomic E-state index is 0.280. The zero-order chi connectivity index (χ0) is 13.1. The summed E-state index contributed by atoms with van der Waals surface area (Å²) in [6.45, 7) is 10.3. The Morgan fingerprint density at radius 3 is 2.18 bits per heavy atom. The molecule has 0 aliphatic heterocycles. The maximum absolute atomic E-state index is 5.79. The van der Waals surface area contributed by atoms with E-state index in [0.29, 0.717) is 52.0 Å². The van der Waals surface area contributed by atoms with E-state index < -0.39 is 0 Å². The molecule has 0 bridgehead atoms. The molecule has 5 heteroatoms. The Balaban J connectivity index is 3.61. The molecular formula is C12H28N2O3. The number of rotatable bonds is 11. The average Bonchev–Trinajstić information content (AvgIpc) is 2.27. The molecule has 0 rings (SSSR count). The zero-order valence-electron chi connectivity index (χ0n) is 11.4. The lowest BCUT2D eigenvalue weighted by atomic mass is 10.1. The molecule has 0 spiro atoms. The van der Waals surface area contributed by atoms with Crippen molar-refractivity contribution in [2.45, 2.75) is 26.4 Å². The van der Waals surface area contributed by atoms with Crippen molar-refractivity contribution in [2.24, 2.45) is 17.4 Å². The van der Waals surface area contributed by atoms with Crippen LogP contribution in [0, 0.1) is 5.92 Å². The molecule has 0 amide bonds. The second-order valence-corrected chi connectivity index (χ2v) is 4.88. The third-order valence-electron chi connectivity index (χ3n) is 2.13. The fourth-order valence-corrected chi connectivity index (χ4v) is 1.23. The summed E-state index contributed by atoms with van der Waals surface area (Å²) < 4.78 is 16.5. The van der Waals surface area contributed by atoms with Gasteiger partial charge in [0.25, 0.3) is 0 Å². The van der Waals surface area contributed by atoms with Gasteiger partial charge in [0.2, 0.25) is 0 Å². The highest BCUT2D eigenvalue weighted by atomic mass is 16.5. The fraction of sp³-hybridized carbons (Fsp3) is 1.00. The lowest BCUT2D eigenvalue weighted by Gasteiger charge is -2.27. The largest absolute Gasteiger partial charge is 0.380 e. The van der Waals surface area contributed by atoms with Crippen molar-refractivity contribution in [3.63, 3.8) is 0 Å². The molecule has 0 aromatic rings. The molecule has 0 aliphatic rings. The van der Waals surface area contributed by atoms with Gasteiger partial charge in [-0.15, -0.1) is 0 Å². The molecule has 0 saturated heterocycles. The van der Waals surface area contributed by atoms with E-state index in [9.17, 15) is 0 Å². The Hall–Kier alpha value is -0.200. The molecule has 0 heterocycles. The van der Waals surface area contributed by atoms with Crippen LogP contribution in [0.2, 0.25) is 0 Å². The number of nitrogens with two attached hydrogens (primary N) is 2. The van der Waals surface area contributed by atoms with E-state index in [1.165, 1.54) is 0 Å². The predicted molar refractivity (Wildman–Crippen MR) is 68.9 cm³/mol. The summed E-state index contributed by atoms with van der Waals surface area (Å²) in [5.74, 6) is 0.357. The van der Waals surface area contributed by atoms with E-state index in [0.717, 1.165) is 0 Å². The maximum atomic E-state index is 5.79. The quantitative estimate of drug-likeness (QED) is 0.516. The first-order valence-corrected chi connectivity index (χ1v) is 6.21. The Bertz CT molecular complexity index is 177. The zero-order valence-corrected chi connectivity index (χ0v) is 11.4. The molecule has 5 nitrogen and oxygen atoms in total. The molecule has 4 N–H and O–H groups in total. The normalized spacial score (nSPS) is 13.9. The van der Waals surface area contributed by atoms with Gasteiger partial charge >= 0.3 is 0 Å². The summed E-state index contributed by atoms with van der Waals surface area (Å²) >= 11 is 0. The molecule has 0 saturated carbocycles. The molecule has 0 radical (unpaired) electrons. The Morgan fingerprint density at radius 2 is 1.59 bits per heavy atom. The maximum Gasteiger partial charge on any atom is 0.0859 e. The van der Waals surface area contributed by atoms with Crippen molar-refractivity contribution in [3.05, 3.63) is 0 Å². The van der Waals surface area contributed by atoms with E-state index in [1.54, 1.807) is 0 Å². The van der Waals surface area contributed by atoms with Crippen molar-refractivity contribution in [1.29, 1.82) is 0 Å². The number of hydrogen-bond acceptors (Lipinski definition) is 5. The van der Waals surface area contributed by atoms with E-state index in [2.05, 4.69) is 6.92 Å². The highest BCUT2D eigenvalue weighted by molar-refractivity contribution is 4.68. The Morgan fingerprint density at radius 1 is 1.00 bits per heavy atom. The lowest BCUT2D eigenvalue weighted by molar-refractivity contribution is -0.0895. The van der Waals surface area contributed by atoms with E-state index in [-0.39, 0.29) is 5.60 Å². The van der Waals surface area contributed by atoms with Crippen LogP contribution in [0.3, 0.4) is 0 Å². The van der Waals surface area contributed by atoms with Crippen LogP contribution in [-0.2, 0) is 14.2 Å². The Labute approximate surface area is 105 Å². The van der Waals surface area contributed by atoms with E-state index in [1.807, 2.05) is 13.8 Å². The van der Waals surface area contributed by atoms with Crippen LogP contribution >= 0.6 is 0 Å². The van der Waals surface area contributed by atoms with Crippen LogP contribution in [-0.4, -0.2) is 51.7 Å². The van der Waals surface area contributed by atoms with Gasteiger partial charge in [-0.3, -0.25) is 0 Å². The van der Waals surface area contributed by atoms with Gasteiger partial charge in [-0.2, -0.15) is 0 Å². The highest BCUT2D eigenvalue weighted by Gasteiger charge is 2.19. The smallest absolute Gasteiger partial charge is 0.0859 e. The van der Waals surface area contributed by atoms with Gasteiger partial charge in [-0.1, -0.05) is 6.92 Å². The first-order chi connectivity index (χ1) is 8.02. The molecule has 104 valence electrons. The SMILES string of the molecule is CC(COCCN)COC(C)(C)COCCN. The van der Waals surface area contributed by atoms with Crippen LogP contribution in [0.4, 0.5) is 0 Å². The van der Waals surface area contributed by atoms with Gasteiger partial charge in [0, 0.05) is 19.0 Å². The molecule has 0 aromatic carbocycles. The third kappa shape index (κ3) is 10.7. The molecule has 17 heavy (non-hydrogen) atoms. The summed E-state index contributed by atoms with van der Waals surface area (Å²) in [6.07, 6.45) is 0. The van der Waals surface area contributed by atoms with Gasteiger partial charge < -0.3 is 25.7 Å². The molecule has 1 unspecified atom stereocenters. The van der Waals surface area contributed by atoms with Crippen LogP contribution in [0.15, 0.2) is 0 Å². The monoisotopic (exact) mass is 248 g/mol. The molecular weight excluding hydrogens is 220 g/mol. The van der Waals surface area contributed by atoms with Crippen LogP contribution in [0.5, 0.6) is 0 Å². The van der Waals surface area contributed by atoms with Gasteiger partial charge in [0.15, 0.2) is 0 Å². The second kappa shape index (κ2) is 9.79. The summed E-state index contributed by atoms with van der Waals surface area (Å²) in [5.41, 5.74) is 10.4. The van der Waals surface area contributed by atoms with Gasteiger partial charge in [-0.05, 0) is 13.8 Å². The van der Waals surface area contributed by atoms with Crippen molar-refractivity contribution >= 4 is 0 Å². The fourth-order valence-electron chi connectivity index (χ4n) is 1.23. The van der Waals surface area contributed by atoms with E-state index >= 15 is 0 Å². The third-order valence-corrected chi connectivity index (χ3v) is 2.13. The summed E-state index contributed by atoms with van der Waals surface area (Å²) in [7, 11) is 0. The first-order valence-electron chi connectivity index (χ1n) is 6.21. The van der Waals surface area contributed by atoms with Crippen molar-refractivity contribution in [1.82, 2.24) is 0 Å². The second-order valence-electron chi connectivity index (χ2n) is 4.88. The molecule has 0 aromatic heterocycles. The van der Waals surface area contributed by atoms with Crippen molar-refractivity contribution < 1.29 is 14.2 Å². The Kier molecular flexibility index (Phi) is 9.68. The van der Waals surface area contributed by atoms with Crippen molar-refractivity contribution in [2.75, 3.05) is 46.1 Å². The number of ether oxygens (including phenoxy) is 3. The minimum Gasteiger partial charge on any atom is -0.380 e. The van der Waals surface area contributed by atoms with Gasteiger partial charge in [0.05, 0.1) is 38.6 Å². The lowest BCUT2D eigenvalue weighted by Crippen LogP contribution is -2.34. The van der Waals surface area contributed by atoms with Gasteiger partial charge in [0.1, 0.15) is 0 Å². The summed E-state index contributed by atoms with van der Waals surface area (Å²) in [4.78, 5) is 0. The van der Waals surface area contributed by atoms with Crippen LogP contribution in [0.25, 0.3) is 0 Å².